The Morgan fingerprint density at radius 2 is 1.90 bits per heavy atom. The van der Waals surface area contributed by atoms with Crippen LogP contribution in [0.3, 0.4) is 0 Å². The Morgan fingerprint density at radius 1 is 1.17 bits per heavy atom. The molecule has 29 heavy (non-hydrogen) atoms. The summed E-state index contributed by atoms with van der Waals surface area (Å²) in [4.78, 5) is 13.2. The molecule has 6 rings (SSSR count). The number of piperidine rings is 1. The van der Waals surface area contributed by atoms with E-state index in [2.05, 4.69) is 24.1 Å². The zero-order chi connectivity index (χ0) is 20.0. The summed E-state index contributed by atoms with van der Waals surface area (Å²) >= 11 is 0. The lowest BCUT2D eigenvalue weighted by Crippen LogP contribution is -2.64. The number of carbonyl (C=O) groups is 1. The second-order valence-corrected chi connectivity index (χ2v) is 8.28. The number of hydrogen-bond donors (Lipinski definition) is 1. The molecule has 150 valence electrons. The molecule has 2 aliphatic carbocycles. The maximum Gasteiger partial charge on any atom is 0.298 e. The van der Waals surface area contributed by atoms with Crippen LogP contribution in [0.5, 0.6) is 11.5 Å². The second kappa shape index (κ2) is 7.01. The van der Waals surface area contributed by atoms with Gasteiger partial charge in [0.15, 0.2) is 11.5 Å². The summed E-state index contributed by atoms with van der Waals surface area (Å²) < 4.78 is 11.3. The van der Waals surface area contributed by atoms with E-state index in [1.54, 1.807) is 0 Å². The van der Waals surface area contributed by atoms with Crippen molar-refractivity contribution in [2.45, 2.75) is 36.5 Å². The highest BCUT2D eigenvalue weighted by Crippen LogP contribution is 2.62. The van der Waals surface area contributed by atoms with Crippen molar-refractivity contribution in [3.63, 3.8) is 0 Å². The van der Waals surface area contributed by atoms with Crippen molar-refractivity contribution < 1.29 is 19.4 Å². The van der Waals surface area contributed by atoms with Gasteiger partial charge >= 0.3 is 0 Å². The average molecular weight is 391 g/mol. The van der Waals surface area contributed by atoms with E-state index in [1.807, 2.05) is 48.5 Å². The van der Waals surface area contributed by atoms with Gasteiger partial charge in [0.2, 0.25) is 0 Å². The maximum absolute atomic E-state index is 10.8. The van der Waals surface area contributed by atoms with Crippen molar-refractivity contribution in [1.82, 2.24) is 4.90 Å². The summed E-state index contributed by atoms with van der Waals surface area (Å²) in [5.41, 5.74) is 2.23. The van der Waals surface area contributed by atoms with E-state index >= 15 is 0 Å². The van der Waals surface area contributed by atoms with Crippen molar-refractivity contribution in [3.8, 4) is 11.5 Å². The van der Waals surface area contributed by atoms with Gasteiger partial charge in [0, 0.05) is 22.9 Å². The van der Waals surface area contributed by atoms with Crippen LogP contribution in [0.4, 0.5) is 0 Å². The summed E-state index contributed by atoms with van der Waals surface area (Å²) in [6.07, 6.45) is 5.04. The topological polar surface area (TPSA) is 59.0 Å². The van der Waals surface area contributed by atoms with Crippen LogP contribution >= 0.6 is 0 Å². The number of aliphatic hydroxyl groups excluding tert-OH is 1. The van der Waals surface area contributed by atoms with Crippen LogP contribution in [-0.4, -0.2) is 48.3 Å². The van der Waals surface area contributed by atoms with Crippen LogP contribution < -0.4 is 9.47 Å². The Bertz CT molecular complexity index is 917. The minimum atomic E-state index is -0.627. The molecule has 2 aromatic carbocycles. The molecule has 2 bridgehead atoms. The minimum Gasteiger partial charge on any atom is -0.482 e. The van der Waals surface area contributed by atoms with Gasteiger partial charge in [-0.2, -0.15) is 0 Å². The smallest absolute Gasteiger partial charge is 0.298 e. The molecule has 5 nitrogen and oxygen atoms in total. The van der Waals surface area contributed by atoms with Gasteiger partial charge in [0.1, 0.15) is 12.2 Å². The highest BCUT2D eigenvalue weighted by molar-refractivity contribution is 5.64. The number of likely N-dealkylation sites (N-methyl/N-ethyl adjacent to an activating group) is 1. The molecule has 1 saturated heterocycles. The van der Waals surface area contributed by atoms with Gasteiger partial charge in [-0.3, -0.25) is 4.79 Å². The molecule has 5 heteroatoms. The van der Waals surface area contributed by atoms with Crippen molar-refractivity contribution in [2.24, 2.45) is 5.92 Å². The Hall–Kier alpha value is -2.63. The number of carbonyl (C=O) groups excluding carboxylic acids is 1. The molecule has 0 unspecified atom stereocenters. The summed E-state index contributed by atoms with van der Waals surface area (Å²) in [7, 11) is 2.18. The van der Waals surface area contributed by atoms with Crippen molar-refractivity contribution in [3.05, 3.63) is 71.8 Å². The molecular formula is C24H25NO4. The largest absolute Gasteiger partial charge is 0.482 e. The van der Waals surface area contributed by atoms with Crippen LogP contribution in [0.25, 0.3) is 0 Å². The van der Waals surface area contributed by atoms with Gasteiger partial charge in [0.05, 0.1) is 0 Å². The Labute approximate surface area is 170 Å². The zero-order valence-corrected chi connectivity index (χ0v) is 16.4. The molecule has 1 N–H and O–H groups in total. The summed E-state index contributed by atoms with van der Waals surface area (Å²) in [5.74, 6) is 1.45. The van der Waals surface area contributed by atoms with Gasteiger partial charge in [0.25, 0.3) is 6.47 Å². The van der Waals surface area contributed by atoms with Crippen molar-refractivity contribution in [1.29, 1.82) is 0 Å². The van der Waals surface area contributed by atoms with E-state index in [9.17, 15) is 9.90 Å². The lowest BCUT2D eigenvalue weighted by Gasteiger charge is -2.56. The van der Waals surface area contributed by atoms with Crippen molar-refractivity contribution in [2.75, 3.05) is 13.6 Å². The van der Waals surface area contributed by atoms with Crippen LogP contribution in [-0.2, 0) is 16.6 Å². The van der Waals surface area contributed by atoms with Crippen LogP contribution in [0.15, 0.2) is 60.7 Å². The Balaban J connectivity index is 0.000000262. The monoisotopic (exact) mass is 391 g/mol. The van der Waals surface area contributed by atoms with Crippen molar-refractivity contribution >= 4 is 6.47 Å². The molecule has 5 atom stereocenters. The van der Waals surface area contributed by atoms with E-state index in [-0.39, 0.29) is 11.5 Å². The highest BCUT2D eigenvalue weighted by atomic mass is 16.6. The van der Waals surface area contributed by atoms with E-state index in [0.29, 0.717) is 29.9 Å². The standard InChI is InChI=1S/C18H19NO4.C6H6/c1-19-7-6-18-11-3-4-13(21)17(18)23-16-14(22-9-20)5-2-10(15(16)18)8-12(11)19;1-2-4-6-5-3-1/h2-5,9,11-13,17,21H,6-8H2,1H3;1-6H/t11-,12+,13-,17-,18-;/m0./s1. The summed E-state index contributed by atoms with van der Waals surface area (Å²) in [6, 6.07) is 16.3. The third-order valence-electron chi connectivity index (χ3n) is 6.98. The lowest BCUT2D eigenvalue weighted by molar-refractivity contribution is -0.120. The number of benzene rings is 2. The molecule has 2 heterocycles. The normalized spacial score (nSPS) is 33.0. The molecule has 1 spiro atoms. The first-order chi connectivity index (χ1) is 14.2. The number of nitrogens with zero attached hydrogens (tertiary/aromatic N) is 1. The first-order valence-corrected chi connectivity index (χ1v) is 10.2. The fraction of sp³-hybridized carbons (Fsp3) is 0.375. The predicted octanol–water partition coefficient (Wildman–Crippen LogP) is 2.71. The molecule has 1 fully saturated rings. The molecular weight excluding hydrogens is 366 g/mol. The van der Waals surface area contributed by atoms with Gasteiger partial charge in [-0.15, -0.1) is 0 Å². The Kier molecular flexibility index (Phi) is 4.45. The number of rotatable bonds is 2. The van der Waals surface area contributed by atoms with Crippen LogP contribution in [0, 0.1) is 5.92 Å². The maximum atomic E-state index is 10.8. The van der Waals surface area contributed by atoms with E-state index in [4.69, 9.17) is 9.47 Å². The third kappa shape index (κ3) is 2.65. The van der Waals surface area contributed by atoms with E-state index < -0.39 is 6.10 Å². The molecule has 4 aliphatic rings. The highest BCUT2D eigenvalue weighted by Gasteiger charge is 2.64. The fourth-order valence-electron chi connectivity index (χ4n) is 5.76. The van der Waals surface area contributed by atoms with Gasteiger partial charge < -0.3 is 19.5 Å². The summed E-state index contributed by atoms with van der Waals surface area (Å²) in [5, 5.41) is 10.5. The zero-order valence-electron chi connectivity index (χ0n) is 16.4. The second-order valence-electron chi connectivity index (χ2n) is 8.28. The number of likely N-dealkylation sites (tertiary alicyclic amines) is 1. The number of aliphatic hydroxyl groups is 1. The summed E-state index contributed by atoms with van der Waals surface area (Å²) in [6.45, 7) is 1.42. The quantitative estimate of drug-likeness (QED) is 0.630. The first-order valence-electron chi connectivity index (χ1n) is 10.2. The molecule has 0 saturated carbocycles. The van der Waals surface area contributed by atoms with E-state index in [1.165, 1.54) is 11.1 Å². The fourth-order valence-corrected chi connectivity index (χ4v) is 5.76. The average Bonchev–Trinajstić information content (AvgIpc) is 3.11. The molecule has 0 radical (unpaired) electrons. The SMILES string of the molecule is CN1CC[C@]23c4c5ccc(OC=O)c4O[C@H]2[C@@H](O)C=C[C@H]3[C@H]1C5.c1ccccc1. The van der Waals surface area contributed by atoms with E-state index in [0.717, 1.165) is 19.4 Å². The predicted molar refractivity (Wildman–Crippen MR) is 109 cm³/mol. The third-order valence-corrected chi connectivity index (χ3v) is 6.98. The number of ether oxygens (including phenoxy) is 2. The van der Waals surface area contributed by atoms with Crippen LogP contribution in [0.1, 0.15) is 17.5 Å². The van der Waals surface area contributed by atoms with Gasteiger partial charge in [-0.25, -0.2) is 0 Å². The minimum absolute atomic E-state index is 0.198. The molecule has 2 aliphatic heterocycles. The lowest BCUT2D eigenvalue weighted by atomic mass is 9.53. The first kappa shape index (κ1) is 18.4. The van der Waals surface area contributed by atoms with Crippen LogP contribution in [0.2, 0.25) is 0 Å². The molecule has 2 aromatic rings. The molecule has 0 amide bonds. The van der Waals surface area contributed by atoms with Gasteiger partial charge in [-0.05, 0) is 38.1 Å². The molecule has 0 aromatic heterocycles. The number of hydrogen-bond acceptors (Lipinski definition) is 5. The van der Waals surface area contributed by atoms with Gasteiger partial charge in [-0.1, -0.05) is 54.6 Å². The Morgan fingerprint density at radius 3 is 2.59 bits per heavy atom.